The fourth-order valence-corrected chi connectivity index (χ4v) is 4.69. The summed E-state index contributed by atoms with van der Waals surface area (Å²) >= 11 is 1.66. The minimum Gasteiger partial charge on any atom is -0.496 e. The van der Waals surface area contributed by atoms with Gasteiger partial charge in [0.25, 0.3) is 5.91 Å². The highest BCUT2D eigenvalue weighted by atomic mass is 32.1. The van der Waals surface area contributed by atoms with Crippen molar-refractivity contribution in [3.05, 3.63) is 51.7 Å². The number of carbonyl (C=O) groups excluding carboxylic acids is 2. The Hall–Kier alpha value is -2.34. The zero-order chi connectivity index (χ0) is 16.7. The minimum atomic E-state index is -0.882. The number of methoxy groups -OCH3 is 1. The van der Waals surface area contributed by atoms with E-state index in [0.29, 0.717) is 12.2 Å². The van der Waals surface area contributed by atoms with Crippen LogP contribution >= 0.6 is 11.3 Å². The van der Waals surface area contributed by atoms with Crippen LogP contribution in [0.1, 0.15) is 28.8 Å². The van der Waals surface area contributed by atoms with Crippen LogP contribution in [0.25, 0.3) is 0 Å². The molecular formula is C18H18N2O3S. The van der Waals surface area contributed by atoms with Gasteiger partial charge >= 0.3 is 6.03 Å². The minimum absolute atomic E-state index is 0.155. The Morgan fingerprint density at radius 1 is 1.29 bits per heavy atom. The molecule has 1 N–H and O–H groups in total. The van der Waals surface area contributed by atoms with E-state index in [0.717, 1.165) is 24.0 Å². The van der Waals surface area contributed by atoms with E-state index in [2.05, 4.69) is 5.32 Å². The highest BCUT2D eigenvalue weighted by molar-refractivity contribution is 7.10. The molecule has 1 aliphatic carbocycles. The zero-order valence-corrected chi connectivity index (χ0v) is 14.2. The summed E-state index contributed by atoms with van der Waals surface area (Å²) in [6, 6.07) is 9.11. The van der Waals surface area contributed by atoms with Crippen molar-refractivity contribution in [2.24, 2.45) is 0 Å². The molecule has 124 valence electrons. The van der Waals surface area contributed by atoms with Gasteiger partial charge in [-0.3, -0.25) is 9.69 Å². The van der Waals surface area contributed by atoms with Gasteiger partial charge in [-0.05, 0) is 36.8 Å². The first kappa shape index (κ1) is 15.2. The molecule has 0 unspecified atom stereocenters. The lowest BCUT2D eigenvalue weighted by atomic mass is 9.80. The first-order chi connectivity index (χ1) is 11.7. The van der Waals surface area contributed by atoms with Crippen molar-refractivity contribution >= 4 is 23.3 Å². The van der Waals surface area contributed by atoms with E-state index in [4.69, 9.17) is 4.74 Å². The molecule has 0 bridgehead atoms. The van der Waals surface area contributed by atoms with Crippen molar-refractivity contribution in [3.63, 3.8) is 0 Å². The van der Waals surface area contributed by atoms with Crippen LogP contribution in [0.3, 0.4) is 0 Å². The Kier molecular flexibility index (Phi) is 3.57. The predicted molar refractivity (Wildman–Crippen MR) is 91.0 cm³/mol. The first-order valence-corrected chi connectivity index (χ1v) is 8.86. The van der Waals surface area contributed by atoms with Crippen molar-refractivity contribution in [3.8, 4) is 5.75 Å². The lowest BCUT2D eigenvalue weighted by Gasteiger charge is -2.31. The second-order valence-electron chi connectivity index (χ2n) is 6.15. The number of urea groups is 1. The number of rotatable bonds is 3. The maximum absolute atomic E-state index is 13.2. The molecule has 1 atom stereocenters. The largest absolute Gasteiger partial charge is 0.496 e. The van der Waals surface area contributed by atoms with Crippen LogP contribution in [0.5, 0.6) is 5.75 Å². The van der Waals surface area contributed by atoms with Crippen LogP contribution in [-0.2, 0) is 23.3 Å². The van der Waals surface area contributed by atoms with Gasteiger partial charge in [-0.25, -0.2) is 4.79 Å². The van der Waals surface area contributed by atoms with E-state index >= 15 is 0 Å². The van der Waals surface area contributed by atoms with E-state index in [1.54, 1.807) is 18.4 Å². The third-order valence-electron chi connectivity index (χ3n) is 4.86. The Morgan fingerprint density at radius 3 is 2.96 bits per heavy atom. The van der Waals surface area contributed by atoms with E-state index in [1.165, 1.54) is 9.78 Å². The first-order valence-electron chi connectivity index (χ1n) is 7.98. The number of hydrogen-bond acceptors (Lipinski definition) is 4. The number of nitrogens with one attached hydrogen (secondary N) is 1. The number of hydrogen-bond donors (Lipinski definition) is 1. The molecule has 24 heavy (non-hydrogen) atoms. The summed E-state index contributed by atoms with van der Waals surface area (Å²) in [6.07, 6.45) is 2.54. The number of benzene rings is 1. The van der Waals surface area contributed by atoms with Crippen molar-refractivity contribution in [1.82, 2.24) is 10.2 Å². The third-order valence-corrected chi connectivity index (χ3v) is 5.84. The smallest absolute Gasteiger partial charge is 0.325 e. The number of para-hydroxylation sites is 1. The number of nitrogens with zero attached hydrogens (tertiary/aromatic N) is 1. The van der Waals surface area contributed by atoms with Gasteiger partial charge in [-0.15, -0.1) is 11.3 Å². The molecule has 1 aliphatic heterocycles. The van der Waals surface area contributed by atoms with Gasteiger partial charge in [0.05, 0.1) is 13.7 Å². The summed E-state index contributed by atoms with van der Waals surface area (Å²) in [5.41, 5.74) is 0.911. The van der Waals surface area contributed by atoms with Crippen LogP contribution in [-0.4, -0.2) is 23.9 Å². The molecule has 2 aliphatic rings. The van der Waals surface area contributed by atoms with E-state index in [9.17, 15) is 9.59 Å². The van der Waals surface area contributed by atoms with Gasteiger partial charge in [-0.2, -0.15) is 0 Å². The van der Waals surface area contributed by atoms with E-state index in [1.807, 2.05) is 35.7 Å². The summed E-state index contributed by atoms with van der Waals surface area (Å²) in [4.78, 5) is 28.2. The highest BCUT2D eigenvalue weighted by Crippen LogP contribution is 2.42. The molecule has 1 aromatic heterocycles. The predicted octanol–water partition coefficient (Wildman–Crippen LogP) is 3.04. The second kappa shape index (κ2) is 5.63. The molecule has 2 heterocycles. The van der Waals surface area contributed by atoms with Gasteiger partial charge in [0.15, 0.2) is 0 Å². The SMILES string of the molecule is COc1ccccc1CN1C(=O)N[C@@]2(CCCc3sccc32)C1=O. The maximum atomic E-state index is 13.2. The molecule has 0 saturated carbocycles. The number of imide groups is 1. The Balaban J connectivity index is 1.68. The fourth-order valence-electron chi connectivity index (χ4n) is 3.69. The monoisotopic (exact) mass is 342 g/mol. The molecule has 5 nitrogen and oxygen atoms in total. The molecular weight excluding hydrogens is 324 g/mol. The lowest BCUT2D eigenvalue weighted by molar-refractivity contribution is -0.132. The van der Waals surface area contributed by atoms with Crippen molar-refractivity contribution in [2.45, 2.75) is 31.3 Å². The van der Waals surface area contributed by atoms with Crippen LogP contribution in [0, 0.1) is 0 Å². The molecule has 6 heteroatoms. The number of ether oxygens (including phenoxy) is 1. The normalized spacial score (nSPS) is 22.6. The average Bonchev–Trinajstić information content (AvgIpc) is 3.16. The zero-order valence-electron chi connectivity index (χ0n) is 13.4. The van der Waals surface area contributed by atoms with Gasteiger partial charge < -0.3 is 10.1 Å². The number of fused-ring (bicyclic) bond motifs is 2. The third kappa shape index (κ3) is 2.13. The molecule has 0 radical (unpaired) electrons. The number of amides is 3. The molecule has 2 aromatic rings. The maximum Gasteiger partial charge on any atom is 0.325 e. The second-order valence-corrected chi connectivity index (χ2v) is 7.15. The van der Waals surface area contributed by atoms with Crippen LogP contribution in [0.15, 0.2) is 35.7 Å². The van der Waals surface area contributed by atoms with Gasteiger partial charge in [0.2, 0.25) is 0 Å². The summed E-state index contributed by atoms with van der Waals surface area (Å²) in [5, 5.41) is 4.97. The number of thiophene rings is 1. The summed E-state index contributed by atoms with van der Waals surface area (Å²) in [6.45, 7) is 0.218. The molecule has 1 aromatic carbocycles. The van der Waals surface area contributed by atoms with Crippen molar-refractivity contribution in [2.75, 3.05) is 7.11 Å². The molecule has 4 rings (SSSR count). The highest BCUT2D eigenvalue weighted by Gasteiger charge is 2.54. The van der Waals surface area contributed by atoms with Crippen LogP contribution < -0.4 is 10.1 Å². The van der Waals surface area contributed by atoms with Crippen molar-refractivity contribution < 1.29 is 14.3 Å². The fraction of sp³-hybridized carbons (Fsp3) is 0.333. The van der Waals surface area contributed by atoms with Gasteiger partial charge in [-0.1, -0.05) is 18.2 Å². The number of carbonyl (C=O) groups is 2. The quantitative estimate of drug-likeness (QED) is 0.872. The van der Waals surface area contributed by atoms with Crippen molar-refractivity contribution in [1.29, 1.82) is 0 Å². The summed E-state index contributed by atoms with van der Waals surface area (Å²) < 4.78 is 5.34. The molecule has 1 spiro atoms. The summed E-state index contributed by atoms with van der Waals surface area (Å²) in [7, 11) is 1.59. The lowest BCUT2D eigenvalue weighted by Crippen LogP contribution is -2.46. The van der Waals surface area contributed by atoms with E-state index < -0.39 is 5.54 Å². The van der Waals surface area contributed by atoms with E-state index in [-0.39, 0.29) is 18.5 Å². The Labute approximate surface area is 144 Å². The van der Waals surface area contributed by atoms with Gasteiger partial charge in [0, 0.05) is 16.0 Å². The molecule has 1 saturated heterocycles. The van der Waals surface area contributed by atoms with Gasteiger partial charge in [0.1, 0.15) is 11.3 Å². The average molecular weight is 342 g/mol. The summed E-state index contributed by atoms with van der Waals surface area (Å²) in [5.74, 6) is 0.525. The number of aryl methyl sites for hydroxylation is 1. The Morgan fingerprint density at radius 2 is 2.12 bits per heavy atom. The standard InChI is InChI=1S/C18H18N2O3S/c1-23-14-6-3-2-5-12(14)11-20-16(21)18(19-17(20)22)9-4-7-15-13(18)8-10-24-15/h2-3,5-6,8,10H,4,7,9,11H2,1H3,(H,19,22)/t18-/m1/s1. The molecule has 3 amide bonds. The van der Waals surface area contributed by atoms with Crippen LogP contribution in [0.2, 0.25) is 0 Å². The molecule has 1 fully saturated rings. The topological polar surface area (TPSA) is 58.6 Å². The van der Waals surface area contributed by atoms with Crippen LogP contribution in [0.4, 0.5) is 4.79 Å². The Bertz CT molecular complexity index is 816.